The van der Waals surface area contributed by atoms with Gasteiger partial charge >= 0.3 is 0 Å². The van der Waals surface area contributed by atoms with Crippen molar-refractivity contribution in [3.8, 4) is 0 Å². The Hall–Kier alpha value is -1.69. The van der Waals surface area contributed by atoms with E-state index >= 15 is 0 Å². The predicted octanol–water partition coefficient (Wildman–Crippen LogP) is 1.83. The lowest BCUT2D eigenvalue weighted by molar-refractivity contribution is -0.384. The van der Waals surface area contributed by atoms with Gasteiger partial charge in [0, 0.05) is 18.7 Å². The van der Waals surface area contributed by atoms with Gasteiger partial charge in [-0.1, -0.05) is 25.2 Å². The van der Waals surface area contributed by atoms with Gasteiger partial charge < -0.3 is 11.1 Å². The van der Waals surface area contributed by atoms with Crippen molar-refractivity contribution in [3.05, 3.63) is 33.4 Å². The molecule has 0 aliphatic carbocycles. The Morgan fingerprint density at radius 1 is 1.62 bits per heavy atom. The van der Waals surface area contributed by atoms with Crippen LogP contribution in [0.5, 0.6) is 0 Å². The summed E-state index contributed by atoms with van der Waals surface area (Å²) in [6.45, 7) is 1.95. The molecule has 0 heterocycles. The van der Waals surface area contributed by atoms with E-state index in [4.69, 9.17) is 18.0 Å². The molecular weight excluding hydrogens is 226 g/mol. The summed E-state index contributed by atoms with van der Waals surface area (Å²) < 4.78 is 0. The molecule has 0 aromatic heterocycles. The number of rotatable bonds is 4. The fraction of sp³-hybridized carbons (Fsp3) is 0.300. The minimum atomic E-state index is -0.451. The van der Waals surface area contributed by atoms with Gasteiger partial charge in [0.2, 0.25) is 0 Å². The quantitative estimate of drug-likeness (QED) is 0.476. The van der Waals surface area contributed by atoms with Crippen LogP contribution >= 0.6 is 12.2 Å². The maximum atomic E-state index is 10.8. The second-order valence-corrected chi connectivity index (χ2v) is 3.66. The molecule has 0 atom stereocenters. The first-order valence-corrected chi connectivity index (χ1v) is 5.21. The summed E-state index contributed by atoms with van der Waals surface area (Å²) in [5.74, 6) is 0. The van der Waals surface area contributed by atoms with Crippen LogP contribution in [0, 0.1) is 10.1 Å². The number of thiocarbonyl (C=S) groups is 1. The molecule has 0 saturated heterocycles. The molecule has 0 bridgehead atoms. The van der Waals surface area contributed by atoms with E-state index in [2.05, 4.69) is 5.32 Å². The number of nitrogens with one attached hydrogen (secondary N) is 1. The summed E-state index contributed by atoms with van der Waals surface area (Å²) in [5, 5.41) is 13.6. The van der Waals surface area contributed by atoms with Crippen LogP contribution in [0.4, 0.5) is 11.4 Å². The van der Waals surface area contributed by atoms with Crippen molar-refractivity contribution in [3.63, 3.8) is 0 Å². The van der Waals surface area contributed by atoms with E-state index in [1.807, 2.05) is 6.92 Å². The van der Waals surface area contributed by atoms with Gasteiger partial charge in [-0.3, -0.25) is 10.1 Å². The van der Waals surface area contributed by atoms with Crippen molar-refractivity contribution < 1.29 is 4.92 Å². The van der Waals surface area contributed by atoms with Gasteiger partial charge in [0.25, 0.3) is 5.69 Å². The first-order chi connectivity index (χ1) is 7.52. The molecule has 0 saturated carbocycles. The summed E-state index contributed by atoms with van der Waals surface area (Å²) in [4.78, 5) is 10.6. The lowest BCUT2D eigenvalue weighted by atomic mass is 10.0. The number of hydrogen-bond donors (Lipinski definition) is 2. The van der Waals surface area contributed by atoms with Crippen LogP contribution in [0.3, 0.4) is 0 Å². The first kappa shape index (κ1) is 12.4. The Bertz CT molecular complexity index is 446. The molecule has 0 spiro atoms. The smallest absolute Gasteiger partial charge is 0.293 e. The normalized spacial score (nSPS) is 9.88. The Labute approximate surface area is 98.8 Å². The van der Waals surface area contributed by atoms with Crippen LogP contribution < -0.4 is 11.1 Å². The van der Waals surface area contributed by atoms with Crippen molar-refractivity contribution >= 4 is 28.6 Å². The van der Waals surface area contributed by atoms with Gasteiger partial charge in [-0.05, 0) is 12.0 Å². The molecule has 1 aromatic rings. The number of aryl methyl sites for hydroxylation is 1. The third kappa shape index (κ3) is 2.11. The molecule has 0 unspecified atom stereocenters. The molecule has 3 N–H and O–H groups in total. The topological polar surface area (TPSA) is 81.2 Å². The highest BCUT2D eigenvalue weighted by Crippen LogP contribution is 2.30. The number of benzene rings is 1. The zero-order valence-electron chi connectivity index (χ0n) is 9.11. The Morgan fingerprint density at radius 2 is 2.25 bits per heavy atom. The molecule has 16 heavy (non-hydrogen) atoms. The van der Waals surface area contributed by atoms with Crippen LogP contribution in [-0.2, 0) is 6.42 Å². The fourth-order valence-electron chi connectivity index (χ4n) is 1.62. The fourth-order valence-corrected chi connectivity index (χ4v) is 1.85. The predicted molar refractivity (Wildman–Crippen MR) is 67.9 cm³/mol. The lowest BCUT2D eigenvalue weighted by Crippen LogP contribution is -2.16. The molecular formula is C10H13N3O2S. The Balaban J connectivity index is 3.56. The molecule has 86 valence electrons. The van der Waals surface area contributed by atoms with Gasteiger partial charge in [0.1, 0.15) is 10.7 Å². The first-order valence-electron chi connectivity index (χ1n) is 4.80. The van der Waals surface area contributed by atoms with Gasteiger partial charge in [-0.2, -0.15) is 0 Å². The van der Waals surface area contributed by atoms with E-state index in [-0.39, 0.29) is 10.7 Å². The van der Waals surface area contributed by atoms with Crippen LogP contribution in [0.2, 0.25) is 0 Å². The minimum absolute atomic E-state index is 0.0116. The van der Waals surface area contributed by atoms with E-state index in [1.165, 1.54) is 6.07 Å². The maximum Gasteiger partial charge on any atom is 0.293 e. The van der Waals surface area contributed by atoms with E-state index in [0.29, 0.717) is 11.3 Å². The van der Waals surface area contributed by atoms with E-state index < -0.39 is 4.92 Å². The number of nitrogens with zero attached hydrogens (tertiary/aromatic N) is 1. The molecule has 0 fully saturated rings. The van der Waals surface area contributed by atoms with Crippen LogP contribution in [-0.4, -0.2) is 17.0 Å². The number of nitro groups is 1. The zero-order chi connectivity index (χ0) is 12.3. The van der Waals surface area contributed by atoms with Crippen molar-refractivity contribution in [2.24, 2.45) is 5.73 Å². The van der Waals surface area contributed by atoms with E-state index in [0.717, 1.165) is 12.0 Å². The van der Waals surface area contributed by atoms with Crippen LogP contribution in [0.1, 0.15) is 18.1 Å². The third-order valence-electron chi connectivity index (χ3n) is 2.34. The summed E-state index contributed by atoms with van der Waals surface area (Å²) in [5.41, 5.74) is 7.45. The summed E-state index contributed by atoms with van der Waals surface area (Å²) >= 11 is 4.93. The molecule has 1 rings (SSSR count). The standard InChI is InChI=1S/C10H13N3O2S/c1-3-6-4-5-7(13(14)15)9(12-2)8(6)10(11)16/h4-5,12H,3H2,1-2H3,(H2,11,16). The second-order valence-electron chi connectivity index (χ2n) is 3.22. The Kier molecular flexibility index (Phi) is 3.78. The van der Waals surface area contributed by atoms with Crippen molar-refractivity contribution in [2.75, 3.05) is 12.4 Å². The van der Waals surface area contributed by atoms with E-state index in [9.17, 15) is 10.1 Å². The highest BCUT2D eigenvalue weighted by atomic mass is 32.1. The summed E-state index contributed by atoms with van der Waals surface area (Å²) in [7, 11) is 1.61. The van der Waals surface area contributed by atoms with Crippen molar-refractivity contribution in [2.45, 2.75) is 13.3 Å². The minimum Gasteiger partial charge on any atom is -0.389 e. The number of hydrogen-bond acceptors (Lipinski definition) is 4. The summed E-state index contributed by atoms with van der Waals surface area (Å²) in [6.07, 6.45) is 0.722. The number of nitro benzene ring substituents is 1. The monoisotopic (exact) mass is 239 g/mol. The molecule has 1 aromatic carbocycles. The molecule has 0 amide bonds. The highest BCUT2D eigenvalue weighted by Gasteiger charge is 2.20. The van der Waals surface area contributed by atoms with Gasteiger partial charge in [-0.25, -0.2) is 0 Å². The average molecular weight is 239 g/mol. The van der Waals surface area contributed by atoms with Gasteiger partial charge in [0.15, 0.2) is 0 Å². The molecule has 0 aliphatic rings. The van der Waals surface area contributed by atoms with Crippen LogP contribution in [0.25, 0.3) is 0 Å². The molecule has 6 heteroatoms. The van der Waals surface area contributed by atoms with Crippen molar-refractivity contribution in [1.82, 2.24) is 0 Å². The number of nitrogens with two attached hydrogens (primary N) is 1. The largest absolute Gasteiger partial charge is 0.389 e. The zero-order valence-corrected chi connectivity index (χ0v) is 9.93. The molecule has 5 nitrogen and oxygen atoms in total. The van der Waals surface area contributed by atoms with Gasteiger partial charge in [0.05, 0.1) is 4.92 Å². The molecule has 0 radical (unpaired) electrons. The summed E-state index contributed by atoms with van der Waals surface area (Å²) in [6, 6.07) is 3.15. The Morgan fingerprint density at radius 3 is 2.62 bits per heavy atom. The molecule has 0 aliphatic heterocycles. The SMILES string of the molecule is CCc1ccc([N+](=O)[O-])c(NC)c1C(N)=S. The number of anilines is 1. The lowest BCUT2D eigenvalue weighted by Gasteiger charge is -2.12. The van der Waals surface area contributed by atoms with Crippen molar-refractivity contribution in [1.29, 1.82) is 0 Å². The van der Waals surface area contributed by atoms with Gasteiger partial charge in [-0.15, -0.1) is 0 Å². The van der Waals surface area contributed by atoms with E-state index in [1.54, 1.807) is 13.1 Å². The average Bonchev–Trinajstić information content (AvgIpc) is 2.26. The second kappa shape index (κ2) is 4.89. The highest BCUT2D eigenvalue weighted by molar-refractivity contribution is 7.80. The third-order valence-corrected chi connectivity index (χ3v) is 2.55. The maximum absolute atomic E-state index is 10.8. The van der Waals surface area contributed by atoms with Crippen LogP contribution in [0.15, 0.2) is 12.1 Å².